The van der Waals surface area contributed by atoms with Crippen molar-refractivity contribution in [2.75, 3.05) is 0 Å². The summed E-state index contributed by atoms with van der Waals surface area (Å²) in [6.07, 6.45) is 0.0415. The van der Waals surface area contributed by atoms with E-state index in [9.17, 15) is 0 Å². The summed E-state index contributed by atoms with van der Waals surface area (Å²) >= 11 is 0. The minimum absolute atomic E-state index is 0.394. The van der Waals surface area contributed by atoms with Crippen LogP contribution in [0.25, 0.3) is 0 Å². The Bertz CT molecular complexity index is 209. The summed E-state index contributed by atoms with van der Waals surface area (Å²) in [6.45, 7) is 1.86. The smallest absolute Gasteiger partial charge is 0.203 e. The summed E-state index contributed by atoms with van der Waals surface area (Å²) in [5, 5.41) is 20.2. The molecule has 1 rings (SSSR count). The van der Waals surface area contributed by atoms with Gasteiger partial charge in [0.2, 0.25) is 5.82 Å². The number of aliphatic hydroxyl groups excluding tert-OH is 1. The molecule has 1 atom stereocenters. The molecule has 0 spiro atoms. The molecule has 0 saturated carbocycles. The van der Waals surface area contributed by atoms with Gasteiger partial charge in [0.1, 0.15) is 6.10 Å². The van der Waals surface area contributed by atoms with Crippen molar-refractivity contribution in [3.8, 4) is 0 Å². The van der Waals surface area contributed by atoms with E-state index in [0.717, 1.165) is 0 Å². The van der Waals surface area contributed by atoms with Gasteiger partial charge in [0, 0.05) is 0 Å². The molecule has 10 heavy (non-hydrogen) atoms. The highest BCUT2D eigenvalue weighted by atomic mass is 16.3. The highest BCUT2D eigenvalue weighted by Crippen LogP contribution is 2.07. The molecule has 0 aliphatic carbocycles. The van der Waals surface area contributed by atoms with Gasteiger partial charge in [-0.15, -0.1) is 10.2 Å². The zero-order chi connectivity index (χ0) is 7.56. The standard InChI is InChI=1S/C5H10N4O/c1-3-4(10)5-6-8-9(2)7-5/h4,10H,3H2,1-2H3. The zero-order valence-electron chi connectivity index (χ0n) is 6.02. The average Bonchev–Trinajstić information content (AvgIpc) is 2.34. The van der Waals surface area contributed by atoms with Crippen molar-refractivity contribution in [2.24, 2.45) is 7.05 Å². The first-order chi connectivity index (χ1) is 4.74. The lowest BCUT2D eigenvalue weighted by molar-refractivity contribution is 0.163. The van der Waals surface area contributed by atoms with Gasteiger partial charge in [-0.3, -0.25) is 0 Å². The molecular weight excluding hydrogens is 132 g/mol. The van der Waals surface area contributed by atoms with Crippen molar-refractivity contribution in [3.63, 3.8) is 0 Å². The molecule has 0 aliphatic heterocycles. The molecule has 1 aromatic heterocycles. The van der Waals surface area contributed by atoms with E-state index < -0.39 is 6.10 Å². The maximum absolute atomic E-state index is 9.16. The van der Waals surface area contributed by atoms with E-state index in [1.54, 1.807) is 7.05 Å². The van der Waals surface area contributed by atoms with Crippen LogP contribution in [0.5, 0.6) is 0 Å². The molecule has 0 fully saturated rings. The molecule has 0 aliphatic rings. The van der Waals surface area contributed by atoms with Crippen LogP contribution in [0.1, 0.15) is 25.3 Å². The quantitative estimate of drug-likeness (QED) is 0.613. The van der Waals surface area contributed by atoms with Gasteiger partial charge >= 0.3 is 0 Å². The fourth-order valence-electron chi connectivity index (χ4n) is 0.615. The average molecular weight is 142 g/mol. The van der Waals surface area contributed by atoms with Crippen molar-refractivity contribution in [1.29, 1.82) is 0 Å². The normalized spacial score (nSPS) is 13.5. The first-order valence-corrected chi connectivity index (χ1v) is 3.16. The molecule has 1 unspecified atom stereocenters. The first kappa shape index (κ1) is 7.14. The van der Waals surface area contributed by atoms with Crippen LogP contribution in [0.15, 0.2) is 0 Å². The number of aromatic nitrogens is 4. The molecule has 5 nitrogen and oxygen atoms in total. The Labute approximate surface area is 58.7 Å². The second-order valence-electron chi connectivity index (χ2n) is 2.06. The van der Waals surface area contributed by atoms with Crippen LogP contribution in [0.3, 0.4) is 0 Å². The third-order valence-corrected chi connectivity index (χ3v) is 1.21. The van der Waals surface area contributed by atoms with Crippen LogP contribution >= 0.6 is 0 Å². The van der Waals surface area contributed by atoms with Crippen LogP contribution in [-0.4, -0.2) is 25.3 Å². The Morgan fingerprint density at radius 1 is 1.70 bits per heavy atom. The molecule has 1 heterocycles. The van der Waals surface area contributed by atoms with Crippen LogP contribution in [0, 0.1) is 0 Å². The summed E-state index contributed by atoms with van der Waals surface area (Å²) in [5.74, 6) is 0.394. The van der Waals surface area contributed by atoms with Gasteiger partial charge in [-0.25, -0.2) is 0 Å². The summed E-state index contributed by atoms with van der Waals surface area (Å²) in [7, 11) is 1.67. The Kier molecular flexibility index (Phi) is 1.96. The third kappa shape index (κ3) is 1.30. The molecule has 0 saturated heterocycles. The zero-order valence-corrected chi connectivity index (χ0v) is 6.02. The van der Waals surface area contributed by atoms with E-state index >= 15 is 0 Å². The van der Waals surface area contributed by atoms with Crippen molar-refractivity contribution in [2.45, 2.75) is 19.4 Å². The van der Waals surface area contributed by atoms with Gasteiger partial charge in [0.05, 0.1) is 7.05 Å². The topological polar surface area (TPSA) is 63.8 Å². The highest BCUT2D eigenvalue weighted by Gasteiger charge is 2.09. The van der Waals surface area contributed by atoms with Crippen molar-refractivity contribution in [3.05, 3.63) is 5.82 Å². The maximum atomic E-state index is 9.16. The predicted octanol–water partition coefficient (Wildman–Crippen LogP) is -0.347. The number of nitrogens with zero attached hydrogens (tertiary/aromatic N) is 4. The minimum Gasteiger partial charge on any atom is -0.385 e. The molecule has 0 amide bonds. The molecular formula is C5H10N4O. The fraction of sp³-hybridized carbons (Fsp3) is 0.800. The van der Waals surface area contributed by atoms with Gasteiger partial charge < -0.3 is 5.11 Å². The molecule has 56 valence electrons. The van der Waals surface area contributed by atoms with Gasteiger partial charge in [-0.2, -0.15) is 4.80 Å². The Balaban J connectivity index is 2.74. The minimum atomic E-state index is -0.575. The van der Waals surface area contributed by atoms with E-state index in [1.165, 1.54) is 4.80 Å². The largest absolute Gasteiger partial charge is 0.385 e. The highest BCUT2D eigenvalue weighted by molar-refractivity contribution is 4.81. The second kappa shape index (κ2) is 2.74. The number of hydrogen-bond donors (Lipinski definition) is 1. The van der Waals surface area contributed by atoms with Crippen LogP contribution in [-0.2, 0) is 7.05 Å². The Hall–Kier alpha value is -0.970. The number of aryl methyl sites for hydroxylation is 1. The van der Waals surface area contributed by atoms with Gasteiger partial charge in [-0.05, 0) is 11.6 Å². The van der Waals surface area contributed by atoms with Gasteiger partial charge in [-0.1, -0.05) is 6.92 Å². The van der Waals surface area contributed by atoms with Crippen LogP contribution < -0.4 is 0 Å². The lowest BCUT2D eigenvalue weighted by Crippen LogP contribution is -1.99. The van der Waals surface area contributed by atoms with E-state index in [2.05, 4.69) is 15.4 Å². The number of aliphatic hydroxyl groups is 1. The second-order valence-corrected chi connectivity index (χ2v) is 2.06. The molecule has 0 aromatic carbocycles. The van der Waals surface area contributed by atoms with Crippen molar-refractivity contribution in [1.82, 2.24) is 20.2 Å². The van der Waals surface area contributed by atoms with Crippen molar-refractivity contribution < 1.29 is 5.11 Å². The maximum Gasteiger partial charge on any atom is 0.203 e. The van der Waals surface area contributed by atoms with E-state index in [4.69, 9.17) is 5.11 Å². The molecule has 1 N–H and O–H groups in total. The summed E-state index contributed by atoms with van der Waals surface area (Å²) < 4.78 is 0. The number of tetrazole rings is 1. The number of hydrogen-bond acceptors (Lipinski definition) is 4. The van der Waals surface area contributed by atoms with Crippen LogP contribution in [0.2, 0.25) is 0 Å². The summed E-state index contributed by atoms with van der Waals surface area (Å²) in [6, 6.07) is 0. The lowest BCUT2D eigenvalue weighted by Gasteiger charge is -1.97. The van der Waals surface area contributed by atoms with E-state index in [-0.39, 0.29) is 0 Å². The first-order valence-electron chi connectivity index (χ1n) is 3.16. The van der Waals surface area contributed by atoms with E-state index in [1.807, 2.05) is 6.92 Å². The number of rotatable bonds is 2. The summed E-state index contributed by atoms with van der Waals surface area (Å²) in [5.41, 5.74) is 0. The summed E-state index contributed by atoms with van der Waals surface area (Å²) in [4.78, 5) is 1.33. The van der Waals surface area contributed by atoms with Crippen LogP contribution in [0.4, 0.5) is 0 Å². The van der Waals surface area contributed by atoms with Gasteiger partial charge in [0.15, 0.2) is 0 Å². The van der Waals surface area contributed by atoms with E-state index in [0.29, 0.717) is 12.2 Å². The third-order valence-electron chi connectivity index (χ3n) is 1.21. The Morgan fingerprint density at radius 2 is 2.40 bits per heavy atom. The van der Waals surface area contributed by atoms with Gasteiger partial charge in [0.25, 0.3) is 0 Å². The predicted molar refractivity (Wildman–Crippen MR) is 34.0 cm³/mol. The monoisotopic (exact) mass is 142 g/mol. The molecule has 5 heteroatoms. The Morgan fingerprint density at radius 3 is 2.80 bits per heavy atom. The van der Waals surface area contributed by atoms with Crippen molar-refractivity contribution >= 4 is 0 Å². The fourth-order valence-corrected chi connectivity index (χ4v) is 0.615. The molecule has 0 bridgehead atoms. The molecule has 1 aromatic rings. The molecule has 0 radical (unpaired) electrons. The SMILES string of the molecule is CCC(O)c1nnn(C)n1. The lowest BCUT2D eigenvalue weighted by atomic mass is 10.3.